The van der Waals surface area contributed by atoms with Gasteiger partial charge in [0, 0.05) is 24.2 Å². The highest BCUT2D eigenvalue weighted by Crippen LogP contribution is 2.23. The Balaban J connectivity index is 2.56. The summed E-state index contributed by atoms with van der Waals surface area (Å²) in [5.74, 6) is 0.547. The van der Waals surface area contributed by atoms with E-state index in [2.05, 4.69) is 35.1 Å². The molecule has 1 aromatic carbocycles. The van der Waals surface area contributed by atoms with Gasteiger partial charge in [0.25, 0.3) is 0 Å². The predicted molar refractivity (Wildman–Crippen MR) is 76.5 cm³/mol. The molecule has 96 valence electrons. The molecule has 0 bridgehead atoms. The van der Waals surface area contributed by atoms with Gasteiger partial charge in [-0.05, 0) is 39.5 Å². The lowest BCUT2D eigenvalue weighted by Gasteiger charge is -2.21. The average molecular weight is 321 g/mol. The smallest absolute Gasteiger partial charge is 0.0618 e. The molecule has 0 spiro atoms. The van der Waals surface area contributed by atoms with Gasteiger partial charge in [0.05, 0.1) is 11.6 Å². The van der Waals surface area contributed by atoms with Gasteiger partial charge in [0.1, 0.15) is 0 Å². The predicted octanol–water partition coefficient (Wildman–Crippen LogP) is 3.86. The van der Waals surface area contributed by atoms with Crippen LogP contribution in [0.4, 0.5) is 0 Å². The summed E-state index contributed by atoms with van der Waals surface area (Å²) in [5, 5.41) is 4.24. The number of rotatable bonds is 6. The van der Waals surface area contributed by atoms with Crippen LogP contribution in [0.2, 0.25) is 5.02 Å². The van der Waals surface area contributed by atoms with Crippen LogP contribution in [0.3, 0.4) is 0 Å². The Morgan fingerprint density at radius 1 is 1.41 bits per heavy atom. The SMILES string of the molecule is COCC(NCc1ccc(Cl)c(Br)c1)C(C)C. The van der Waals surface area contributed by atoms with E-state index in [4.69, 9.17) is 16.3 Å². The zero-order valence-electron chi connectivity index (χ0n) is 10.5. The standard InChI is InChI=1S/C13H19BrClNO/c1-9(2)13(8-17-3)16-7-10-4-5-12(15)11(14)6-10/h4-6,9,13,16H,7-8H2,1-3H3. The number of hydrogen-bond acceptors (Lipinski definition) is 2. The van der Waals surface area contributed by atoms with Crippen molar-refractivity contribution in [1.82, 2.24) is 5.32 Å². The van der Waals surface area contributed by atoms with Gasteiger partial charge in [-0.1, -0.05) is 31.5 Å². The molecule has 1 N–H and O–H groups in total. The van der Waals surface area contributed by atoms with Crippen molar-refractivity contribution in [2.45, 2.75) is 26.4 Å². The second kappa shape index (κ2) is 7.37. The van der Waals surface area contributed by atoms with Crippen LogP contribution < -0.4 is 5.32 Å². The normalized spacial score (nSPS) is 13.1. The molecular formula is C13H19BrClNO. The summed E-state index contributed by atoms with van der Waals surface area (Å²) in [7, 11) is 1.73. The summed E-state index contributed by atoms with van der Waals surface area (Å²) >= 11 is 9.38. The summed E-state index contributed by atoms with van der Waals surface area (Å²) < 4.78 is 6.14. The third kappa shape index (κ3) is 4.96. The van der Waals surface area contributed by atoms with Crippen molar-refractivity contribution in [2.75, 3.05) is 13.7 Å². The monoisotopic (exact) mass is 319 g/mol. The highest BCUT2D eigenvalue weighted by molar-refractivity contribution is 9.10. The highest BCUT2D eigenvalue weighted by Gasteiger charge is 2.12. The van der Waals surface area contributed by atoms with Crippen molar-refractivity contribution in [3.05, 3.63) is 33.3 Å². The molecule has 0 aliphatic rings. The Hall–Kier alpha value is -0.0900. The van der Waals surface area contributed by atoms with Gasteiger partial charge < -0.3 is 10.1 Å². The average Bonchev–Trinajstić information content (AvgIpc) is 2.28. The topological polar surface area (TPSA) is 21.3 Å². The summed E-state index contributed by atoms with van der Waals surface area (Å²) in [4.78, 5) is 0. The molecule has 0 saturated heterocycles. The summed E-state index contributed by atoms with van der Waals surface area (Å²) in [6.07, 6.45) is 0. The lowest BCUT2D eigenvalue weighted by atomic mass is 10.1. The van der Waals surface area contributed by atoms with E-state index in [1.54, 1.807) is 7.11 Å². The fraction of sp³-hybridized carbons (Fsp3) is 0.538. The van der Waals surface area contributed by atoms with Gasteiger partial charge in [-0.3, -0.25) is 0 Å². The van der Waals surface area contributed by atoms with Crippen LogP contribution in [0, 0.1) is 5.92 Å². The molecule has 0 heterocycles. The first-order valence-corrected chi connectivity index (χ1v) is 6.88. The van der Waals surface area contributed by atoms with Crippen molar-refractivity contribution in [2.24, 2.45) is 5.92 Å². The van der Waals surface area contributed by atoms with E-state index in [0.717, 1.165) is 22.6 Å². The first-order valence-electron chi connectivity index (χ1n) is 5.70. The molecule has 0 aliphatic heterocycles. The Morgan fingerprint density at radius 3 is 2.65 bits per heavy atom. The van der Waals surface area contributed by atoms with Crippen molar-refractivity contribution in [1.29, 1.82) is 0 Å². The number of ether oxygens (including phenoxy) is 1. The highest BCUT2D eigenvalue weighted by atomic mass is 79.9. The van der Waals surface area contributed by atoms with Crippen LogP contribution in [0.25, 0.3) is 0 Å². The molecular weight excluding hydrogens is 302 g/mol. The molecule has 2 nitrogen and oxygen atoms in total. The fourth-order valence-corrected chi connectivity index (χ4v) is 2.11. The van der Waals surface area contributed by atoms with Gasteiger partial charge in [0.2, 0.25) is 0 Å². The van der Waals surface area contributed by atoms with Crippen LogP contribution in [0.15, 0.2) is 22.7 Å². The number of benzene rings is 1. The Labute approximate surface area is 117 Å². The van der Waals surface area contributed by atoms with E-state index < -0.39 is 0 Å². The molecule has 1 atom stereocenters. The third-order valence-electron chi connectivity index (χ3n) is 2.70. The minimum absolute atomic E-state index is 0.370. The minimum Gasteiger partial charge on any atom is -0.383 e. The molecule has 0 fully saturated rings. The molecule has 0 aromatic heterocycles. The fourth-order valence-electron chi connectivity index (χ4n) is 1.57. The van der Waals surface area contributed by atoms with Gasteiger partial charge >= 0.3 is 0 Å². The van der Waals surface area contributed by atoms with Crippen molar-refractivity contribution >= 4 is 27.5 Å². The van der Waals surface area contributed by atoms with Gasteiger partial charge in [0.15, 0.2) is 0 Å². The molecule has 1 rings (SSSR count). The molecule has 1 aromatic rings. The summed E-state index contributed by atoms with van der Waals surface area (Å²) in [6, 6.07) is 6.35. The van der Waals surface area contributed by atoms with Gasteiger partial charge in [-0.25, -0.2) is 0 Å². The number of halogens is 2. The van der Waals surface area contributed by atoms with E-state index in [1.807, 2.05) is 18.2 Å². The van der Waals surface area contributed by atoms with Crippen molar-refractivity contribution in [3.63, 3.8) is 0 Å². The van der Waals surface area contributed by atoms with Crippen LogP contribution in [0.1, 0.15) is 19.4 Å². The largest absolute Gasteiger partial charge is 0.383 e. The second-order valence-corrected chi connectivity index (χ2v) is 5.70. The lowest BCUT2D eigenvalue weighted by molar-refractivity contribution is 0.146. The molecule has 0 saturated carbocycles. The number of hydrogen-bond donors (Lipinski definition) is 1. The third-order valence-corrected chi connectivity index (χ3v) is 3.92. The number of nitrogens with one attached hydrogen (secondary N) is 1. The van der Waals surface area contributed by atoms with E-state index in [1.165, 1.54) is 5.56 Å². The maximum atomic E-state index is 5.96. The van der Waals surface area contributed by atoms with Crippen molar-refractivity contribution in [3.8, 4) is 0 Å². The van der Waals surface area contributed by atoms with E-state index >= 15 is 0 Å². The Morgan fingerprint density at radius 2 is 2.12 bits per heavy atom. The first-order chi connectivity index (χ1) is 8.04. The van der Waals surface area contributed by atoms with E-state index in [9.17, 15) is 0 Å². The Bertz CT molecular complexity index is 357. The zero-order valence-corrected chi connectivity index (χ0v) is 12.8. The Kier molecular flexibility index (Phi) is 6.49. The molecule has 4 heteroatoms. The second-order valence-electron chi connectivity index (χ2n) is 4.44. The van der Waals surface area contributed by atoms with Crippen LogP contribution in [0.5, 0.6) is 0 Å². The zero-order chi connectivity index (χ0) is 12.8. The summed E-state index contributed by atoms with van der Waals surface area (Å²) in [5.41, 5.74) is 1.21. The quantitative estimate of drug-likeness (QED) is 0.859. The lowest BCUT2D eigenvalue weighted by Crippen LogP contribution is -2.37. The molecule has 1 unspecified atom stereocenters. The van der Waals surface area contributed by atoms with E-state index in [0.29, 0.717) is 12.0 Å². The van der Waals surface area contributed by atoms with Crippen LogP contribution >= 0.6 is 27.5 Å². The maximum absolute atomic E-state index is 5.96. The van der Waals surface area contributed by atoms with E-state index in [-0.39, 0.29) is 0 Å². The van der Waals surface area contributed by atoms with Gasteiger partial charge in [-0.2, -0.15) is 0 Å². The molecule has 0 amide bonds. The number of methoxy groups -OCH3 is 1. The molecule has 17 heavy (non-hydrogen) atoms. The maximum Gasteiger partial charge on any atom is 0.0618 e. The molecule has 0 radical (unpaired) electrons. The van der Waals surface area contributed by atoms with Crippen molar-refractivity contribution < 1.29 is 4.74 Å². The first kappa shape index (κ1) is 15.0. The van der Waals surface area contributed by atoms with Crippen LogP contribution in [-0.2, 0) is 11.3 Å². The van der Waals surface area contributed by atoms with Gasteiger partial charge in [-0.15, -0.1) is 0 Å². The minimum atomic E-state index is 0.370. The van der Waals surface area contributed by atoms with Crippen LogP contribution in [-0.4, -0.2) is 19.8 Å². The summed E-state index contributed by atoms with van der Waals surface area (Å²) in [6.45, 7) is 5.93. The molecule has 0 aliphatic carbocycles.